The van der Waals surface area contributed by atoms with Crippen molar-refractivity contribution in [2.45, 2.75) is 19.4 Å². The van der Waals surface area contributed by atoms with Crippen LogP contribution in [-0.2, 0) is 11.3 Å². The fourth-order valence-electron chi connectivity index (χ4n) is 1.36. The molecule has 88 valence electrons. The number of rotatable bonds is 7. The van der Waals surface area contributed by atoms with E-state index in [0.717, 1.165) is 6.29 Å². The predicted molar refractivity (Wildman–Crippen MR) is 59.1 cm³/mol. The molecule has 1 heterocycles. The topological polar surface area (TPSA) is 71.3 Å². The highest BCUT2D eigenvalue weighted by atomic mass is 16.3. The lowest BCUT2D eigenvalue weighted by atomic mass is 10.3. The van der Waals surface area contributed by atoms with E-state index in [2.05, 4.69) is 5.32 Å². The van der Waals surface area contributed by atoms with Crippen molar-refractivity contribution in [3.8, 4) is 0 Å². The SMILES string of the molecule is O=Cc1cccn1CCC(=O)NCCCO. The third-order valence-electron chi connectivity index (χ3n) is 2.22. The summed E-state index contributed by atoms with van der Waals surface area (Å²) in [5, 5.41) is 11.2. The highest BCUT2D eigenvalue weighted by Gasteiger charge is 2.03. The molecule has 0 atom stereocenters. The zero-order valence-corrected chi connectivity index (χ0v) is 9.06. The minimum Gasteiger partial charge on any atom is -0.396 e. The van der Waals surface area contributed by atoms with Crippen LogP contribution in [0.25, 0.3) is 0 Å². The van der Waals surface area contributed by atoms with Gasteiger partial charge in [0.15, 0.2) is 6.29 Å². The third kappa shape index (κ3) is 3.86. The van der Waals surface area contributed by atoms with Crippen molar-refractivity contribution >= 4 is 12.2 Å². The molecule has 0 aliphatic rings. The summed E-state index contributed by atoms with van der Waals surface area (Å²) in [6, 6.07) is 3.48. The number of aliphatic hydroxyl groups is 1. The molecule has 1 rings (SSSR count). The molecule has 0 aliphatic carbocycles. The zero-order chi connectivity index (χ0) is 11.8. The maximum atomic E-state index is 11.3. The molecular formula is C11H16N2O3. The van der Waals surface area contributed by atoms with Crippen LogP contribution in [0, 0.1) is 0 Å². The molecule has 1 aromatic heterocycles. The molecule has 5 heteroatoms. The van der Waals surface area contributed by atoms with Crippen molar-refractivity contribution in [1.82, 2.24) is 9.88 Å². The molecule has 0 aliphatic heterocycles. The summed E-state index contributed by atoms with van der Waals surface area (Å²) >= 11 is 0. The van der Waals surface area contributed by atoms with Crippen LogP contribution in [0.15, 0.2) is 18.3 Å². The van der Waals surface area contributed by atoms with Crippen LogP contribution < -0.4 is 5.32 Å². The molecule has 0 saturated heterocycles. The molecule has 2 N–H and O–H groups in total. The van der Waals surface area contributed by atoms with Crippen molar-refractivity contribution in [3.63, 3.8) is 0 Å². The first-order chi connectivity index (χ1) is 7.77. The first-order valence-electron chi connectivity index (χ1n) is 5.26. The number of carbonyl (C=O) groups excluding carboxylic acids is 2. The number of hydrogen-bond acceptors (Lipinski definition) is 3. The Morgan fingerprint density at radius 2 is 2.38 bits per heavy atom. The van der Waals surface area contributed by atoms with E-state index in [-0.39, 0.29) is 12.5 Å². The average molecular weight is 224 g/mol. The van der Waals surface area contributed by atoms with Crippen LogP contribution in [0.3, 0.4) is 0 Å². The molecule has 0 unspecified atom stereocenters. The lowest BCUT2D eigenvalue weighted by molar-refractivity contribution is -0.121. The quantitative estimate of drug-likeness (QED) is 0.513. The lowest BCUT2D eigenvalue weighted by Crippen LogP contribution is -2.26. The summed E-state index contributed by atoms with van der Waals surface area (Å²) in [4.78, 5) is 21.9. The van der Waals surface area contributed by atoms with Crippen LogP contribution in [0.5, 0.6) is 0 Å². The van der Waals surface area contributed by atoms with Gasteiger partial charge >= 0.3 is 0 Å². The molecule has 0 aromatic carbocycles. The molecule has 5 nitrogen and oxygen atoms in total. The van der Waals surface area contributed by atoms with Gasteiger partial charge in [0.25, 0.3) is 0 Å². The van der Waals surface area contributed by atoms with Gasteiger partial charge in [-0.05, 0) is 18.6 Å². The Hall–Kier alpha value is -1.62. The predicted octanol–water partition coefficient (Wildman–Crippen LogP) is 0.189. The van der Waals surface area contributed by atoms with Gasteiger partial charge in [-0.25, -0.2) is 0 Å². The molecule has 0 fully saturated rings. The molecule has 1 amide bonds. The molecule has 0 radical (unpaired) electrons. The van der Waals surface area contributed by atoms with Crippen molar-refractivity contribution in [2.24, 2.45) is 0 Å². The van der Waals surface area contributed by atoms with Crippen molar-refractivity contribution in [1.29, 1.82) is 0 Å². The van der Waals surface area contributed by atoms with Crippen LogP contribution in [-0.4, -0.2) is 35.0 Å². The number of hydrogen-bond donors (Lipinski definition) is 2. The lowest BCUT2D eigenvalue weighted by Gasteiger charge is -2.06. The van der Waals surface area contributed by atoms with Crippen molar-refractivity contribution in [3.05, 3.63) is 24.0 Å². The Labute approximate surface area is 94.1 Å². The Morgan fingerprint density at radius 1 is 1.56 bits per heavy atom. The van der Waals surface area contributed by atoms with Crippen LogP contribution in [0.2, 0.25) is 0 Å². The van der Waals surface area contributed by atoms with E-state index in [1.807, 2.05) is 0 Å². The van der Waals surface area contributed by atoms with Gasteiger partial charge in [-0.15, -0.1) is 0 Å². The third-order valence-corrected chi connectivity index (χ3v) is 2.22. The minimum atomic E-state index is -0.0704. The van der Waals surface area contributed by atoms with E-state index in [4.69, 9.17) is 5.11 Å². The standard InChI is InChI=1S/C11H16N2O3/c14-8-2-5-12-11(16)4-7-13-6-1-3-10(13)9-15/h1,3,6,9,14H,2,4-5,7-8H2,(H,12,16). The number of nitrogens with one attached hydrogen (secondary N) is 1. The summed E-state index contributed by atoms with van der Waals surface area (Å²) < 4.78 is 1.73. The van der Waals surface area contributed by atoms with Gasteiger partial charge in [0, 0.05) is 32.3 Å². The average Bonchev–Trinajstić information content (AvgIpc) is 2.74. The van der Waals surface area contributed by atoms with Gasteiger partial charge in [-0.1, -0.05) is 0 Å². The first kappa shape index (κ1) is 12.4. The highest BCUT2D eigenvalue weighted by molar-refractivity contribution is 5.76. The number of aryl methyl sites for hydroxylation is 1. The highest BCUT2D eigenvalue weighted by Crippen LogP contribution is 2.00. The maximum Gasteiger partial charge on any atom is 0.221 e. The second-order valence-electron chi connectivity index (χ2n) is 3.42. The number of aromatic nitrogens is 1. The van der Waals surface area contributed by atoms with Gasteiger partial charge in [-0.2, -0.15) is 0 Å². The molecule has 1 aromatic rings. The number of carbonyl (C=O) groups is 2. The summed E-state index contributed by atoms with van der Waals surface area (Å²) in [6.45, 7) is 1.06. The molecular weight excluding hydrogens is 208 g/mol. The van der Waals surface area contributed by atoms with Gasteiger partial charge in [0.05, 0.1) is 5.69 Å². The Balaban J connectivity index is 2.28. The Morgan fingerprint density at radius 3 is 3.06 bits per heavy atom. The number of amides is 1. The summed E-state index contributed by atoms with van der Waals surface area (Å²) in [7, 11) is 0. The van der Waals surface area contributed by atoms with Crippen LogP contribution in [0.4, 0.5) is 0 Å². The smallest absolute Gasteiger partial charge is 0.221 e. The van der Waals surface area contributed by atoms with E-state index < -0.39 is 0 Å². The maximum absolute atomic E-state index is 11.3. The fourth-order valence-corrected chi connectivity index (χ4v) is 1.36. The minimum absolute atomic E-state index is 0.0704. The molecule has 16 heavy (non-hydrogen) atoms. The molecule has 0 spiro atoms. The summed E-state index contributed by atoms with van der Waals surface area (Å²) in [5.74, 6) is -0.0704. The number of aldehydes is 1. The van der Waals surface area contributed by atoms with E-state index >= 15 is 0 Å². The Bertz CT molecular complexity index is 347. The normalized spacial score (nSPS) is 10.1. The largest absolute Gasteiger partial charge is 0.396 e. The van der Waals surface area contributed by atoms with Crippen molar-refractivity contribution in [2.75, 3.05) is 13.2 Å². The Kier molecular flexibility index (Phi) is 5.28. The first-order valence-corrected chi connectivity index (χ1v) is 5.26. The van der Waals surface area contributed by atoms with Gasteiger partial charge in [0.1, 0.15) is 0 Å². The number of aliphatic hydroxyl groups excluding tert-OH is 1. The summed E-state index contributed by atoms with van der Waals surface area (Å²) in [6.07, 6.45) is 3.43. The zero-order valence-electron chi connectivity index (χ0n) is 9.06. The van der Waals surface area contributed by atoms with Crippen LogP contribution >= 0.6 is 0 Å². The molecule has 0 saturated carbocycles. The van der Waals surface area contributed by atoms with Crippen LogP contribution in [0.1, 0.15) is 23.3 Å². The van der Waals surface area contributed by atoms with E-state index in [1.165, 1.54) is 0 Å². The van der Waals surface area contributed by atoms with Gasteiger partial charge in [0.2, 0.25) is 5.91 Å². The van der Waals surface area contributed by atoms with E-state index in [9.17, 15) is 9.59 Å². The second-order valence-corrected chi connectivity index (χ2v) is 3.42. The number of nitrogens with zero attached hydrogens (tertiary/aromatic N) is 1. The fraction of sp³-hybridized carbons (Fsp3) is 0.455. The summed E-state index contributed by atoms with van der Waals surface area (Å²) in [5.41, 5.74) is 0.572. The molecule has 0 bridgehead atoms. The van der Waals surface area contributed by atoms with E-state index in [0.29, 0.717) is 31.6 Å². The second kappa shape index (κ2) is 6.79. The van der Waals surface area contributed by atoms with Gasteiger partial charge in [-0.3, -0.25) is 9.59 Å². The van der Waals surface area contributed by atoms with Crippen molar-refractivity contribution < 1.29 is 14.7 Å². The monoisotopic (exact) mass is 224 g/mol. The van der Waals surface area contributed by atoms with Gasteiger partial charge < -0.3 is 15.0 Å². The van der Waals surface area contributed by atoms with E-state index in [1.54, 1.807) is 22.9 Å².